The van der Waals surface area contributed by atoms with E-state index in [0.717, 1.165) is 18.1 Å². The van der Waals surface area contributed by atoms with E-state index in [1.165, 1.54) is 6.92 Å². The Morgan fingerprint density at radius 2 is 1.62 bits per heavy atom. The van der Waals surface area contributed by atoms with Gasteiger partial charge in [0.25, 0.3) is 0 Å². The predicted octanol–water partition coefficient (Wildman–Crippen LogP) is 4.13. The number of carbonyl (C=O) groups is 2. The predicted molar refractivity (Wildman–Crippen MR) is 89.1 cm³/mol. The SMILES string of the molecule is CCc1cccc(NC(=O)Nc2cc(NC(C)=O)c(F)cc2F)c1. The highest BCUT2D eigenvalue weighted by atomic mass is 19.1. The molecule has 0 bridgehead atoms. The quantitative estimate of drug-likeness (QED) is 0.787. The van der Waals surface area contributed by atoms with Gasteiger partial charge in [-0.2, -0.15) is 0 Å². The third-order valence-corrected chi connectivity index (χ3v) is 3.21. The van der Waals surface area contributed by atoms with E-state index in [-0.39, 0.29) is 11.4 Å². The minimum absolute atomic E-state index is 0.216. The Morgan fingerprint density at radius 1 is 0.958 bits per heavy atom. The molecule has 0 aliphatic heterocycles. The smallest absolute Gasteiger partial charge is 0.323 e. The van der Waals surface area contributed by atoms with E-state index in [1.807, 2.05) is 13.0 Å². The van der Waals surface area contributed by atoms with Crippen LogP contribution in [0.15, 0.2) is 36.4 Å². The fourth-order valence-electron chi connectivity index (χ4n) is 2.08. The van der Waals surface area contributed by atoms with Crippen molar-refractivity contribution in [3.63, 3.8) is 0 Å². The number of nitrogens with one attached hydrogen (secondary N) is 3. The summed E-state index contributed by atoms with van der Waals surface area (Å²) in [6, 6.07) is 8.14. The number of amides is 3. The van der Waals surface area contributed by atoms with Crippen LogP contribution in [0.2, 0.25) is 0 Å². The first kappa shape index (κ1) is 17.4. The van der Waals surface area contributed by atoms with Crippen molar-refractivity contribution in [2.24, 2.45) is 0 Å². The average Bonchev–Trinajstić information content (AvgIpc) is 2.51. The first-order valence-electron chi connectivity index (χ1n) is 7.32. The second kappa shape index (κ2) is 7.54. The van der Waals surface area contributed by atoms with Gasteiger partial charge in [0, 0.05) is 18.7 Å². The molecule has 0 fully saturated rings. The maximum absolute atomic E-state index is 13.8. The summed E-state index contributed by atoms with van der Waals surface area (Å²) in [4.78, 5) is 23.0. The van der Waals surface area contributed by atoms with Crippen LogP contribution in [0.3, 0.4) is 0 Å². The van der Waals surface area contributed by atoms with E-state index < -0.39 is 23.6 Å². The Kier molecular flexibility index (Phi) is 5.47. The number of aryl methyl sites for hydroxylation is 1. The summed E-state index contributed by atoms with van der Waals surface area (Å²) in [6.45, 7) is 3.18. The van der Waals surface area contributed by atoms with Crippen molar-refractivity contribution in [2.75, 3.05) is 16.0 Å². The van der Waals surface area contributed by atoms with Gasteiger partial charge < -0.3 is 16.0 Å². The van der Waals surface area contributed by atoms with Gasteiger partial charge in [-0.05, 0) is 30.2 Å². The second-order valence-electron chi connectivity index (χ2n) is 5.13. The first-order chi connectivity index (χ1) is 11.4. The maximum atomic E-state index is 13.8. The Balaban J connectivity index is 2.14. The highest BCUT2D eigenvalue weighted by molar-refractivity contribution is 6.00. The summed E-state index contributed by atoms with van der Waals surface area (Å²) in [5, 5.41) is 7.09. The highest BCUT2D eigenvalue weighted by Crippen LogP contribution is 2.24. The molecule has 0 aromatic heterocycles. The number of carbonyl (C=O) groups excluding carboxylic acids is 2. The number of hydrogen-bond donors (Lipinski definition) is 3. The zero-order chi connectivity index (χ0) is 17.7. The molecule has 7 heteroatoms. The molecule has 5 nitrogen and oxygen atoms in total. The number of rotatable bonds is 4. The van der Waals surface area contributed by atoms with Gasteiger partial charge in [-0.1, -0.05) is 19.1 Å². The molecule has 0 aliphatic carbocycles. The molecule has 2 aromatic carbocycles. The van der Waals surface area contributed by atoms with E-state index in [0.29, 0.717) is 11.8 Å². The molecule has 0 aliphatic rings. The zero-order valence-electron chi connectivity index (χ0n) is 13.2. The molecule has 0 saturated carbocycles. The summed E-state index contributed by atoms with van der Waals surface area (Å²) < 4.78 is 27.4. The first-order valence-corrected chi connectivity index (χ1v) is 7.32. The molecule has 2 aromatic rings. The molecule has 0 spiro atoms. The Bertz CT molecular complexity index is 778. The van der Waals surface area contributed by atoms with Crippen molar-refractivity contribution >= 4 is 29.0 Å². The fourth-order valence-corrected chi connectivity index (χ4v) is 2.08. The van der Waals surface area contributed by atoms with Gasteiger partial charge >= 0.3 is 6.03 Å². The van der Waals surface area contributed by atoms with Gasteiger partial charge in [-0.15, -0.1) is 0 Å². The van der Waals surface area contributed by atoms with Gasteiger partial charge in [-0.3, -0.25) is 4.79 Å². The third-order valence-electron chi connectivity index (χ3n) is 3.21. The molecule has 0 radical (unpaired) electrons. The lowest BCUT2D eigenvalue weighted by molar-refractivity contribution is -0.114. The second-order valence-corrected chi connectivity index (χ2v) is 5.13. The van der Waals surface area contributed by atoms with Crippen LogP contribution in [0.4, 0.5) is 30.6 Å². The van der Waals surface area contributed by atoms with Crippen molar-refractivity contribution in [3.8, 4) is 0 Å². The van der Waals surface area contributed by atoms with E-state index in [2.05, 4.69) is 16.0 Å². The summed E-state index contributed by atoms with van der Waals surface area (Å²) in [5.74, 6) is -2.38. The van der Waals surface area contributed by atoms with Crippen molar-refractivity contribution in [1.29, 1.82) is 0 Å². The van der Waals surface area contributed by atoms with Gasteiger partial charge in [0.05, 0.1) is 11.4 Å². The average molecular weight is 333 g/mol. The monoisotopic (exact) mass is 333 g/mol. The molecule has 0 unspecified atom stereocenters. The number of halogens is 2. The van der Waals surface area contributed by atoms with Gasteiger partial charge in [0.2, 0.25) is 5.91 Å². The minimum atomic E-state index is -0.945. The van der Waals surface area contributed by atoms with E-state index in [1.54, 1.807) is 18.2 Å². The standard InChI is InChI=1S/C17H17F2N3O2/c1-3-11-5-4-6-12(7-11)21-17(24)22-16-9-15(20-10(2)23)13(18)8-14(16)19/h4-9H,3H2,1-2H3,(H,20,23)(H2,21,22,24). The molecule has 3 amide bonds. The molecule has 2 rings (SSSR count). The largest absolute Gasteiger partial charge is 0.324 e. The molecular weight excluding hydrogens is 316 g/mol. The summed E-state index contributed by atoms with van der Waals surface area (Å²) in [5.41, 5.74) is 1.13. The van der Waals surface area contributed by atoms with Gasteiger partial charge in [0.1, 0.15) is 11.6 Å². The third kappa shape index (κ3) is 4.52. The molecule has 0 heterocycles. The summed E-state index contributed by atoms with van der Waals surface area (Å²) in [6.07, 6.45) is 0.809. The van der Waals surface area contributed by atoms with Crippen LogP contribution in [0, 0.1) is 11.6 Å². The molecule has 3 N–H and O–H groups in total. The van der Waals surface area contributed by atoms with Crippen LogP contribution in [0.1, 0.15) is 19.4 Å². The van der Waals surface area contributed by atoms with Crippen LogP contribution in [0.5, 0.6) is 0 Å². The molecular formula is C17H17F2N3O2. The topological polar surface area (TPSA) is 70.2 Å². The van der Waals surface area contributed by atoms with Crippen LogP contribution in [-0.2, 0) is 11.2 Å². The van der Waals surface area contributed by atoms with Crippen LogP contribution in [0.25, 0.3) is 0 Å². The van der Waals surface area contributed by atoms with Crippen molar-refractivity contribution in [3.05, 3.63) is 53.6 Å². The van der Waals surface area contributed by atoms with Crippen LogP contribution < -0.4 is 16.0 Å². The van der Waals surface area contributed by atoms with Gasteiger partial charge in [-0.25, -0.2) is 13.6 Å². The van der Waals surface area contributed by atoms with E-state index in [9.17, 15) is 18.4 Å². The van der Waals surface area contributed by atoms with E-state index in [4.69, 9.17) is 0 Å². The number of urea groups is 1. The number of benzene rings is 2. The Hall–Kier alpha value is -2.96. The lowest BCUT2D eigenvalue weighted by atomic mass is 10.1. The summed E-state index contributed by atoms with van der Waals surface area (Å²) >= 11 is 0. The number of hydrogen-bond acceptors (Lipinski definition) is 2. The summed E-state index contributed by atoms with van der Waals surface area (Å²) in [7, 11) is 0. The van der Waals surface area contributed by atoms with E-state index >= 15 is 0 Å². The van der Waals surface area contributed by atoms with Crippen LogP contribution >= 0.6 is 0 Å². The van der Waals surface area contributed by atoms with Crippen molar-refractivity contribution in [2.45, 2.75) is 20.3 Å². The molecule has 0 saturated heterocycles. The molecule has 0 atom stereocenters. The number of anilines is 3. The van der Waals surface area contributed by atoms with Crippen molar-refractivity contribution in [1.82, 2.24) is 0 Å². The maximum Gasteiger partial charge on any atom is 0.323 e. The minimum Gasteiger partial charge on any atom is -0.324 e. The Morgan fingerprint density at radius 3 is 2.25 bits per heavy atom. The molecule has 126 valence electrons. The highest BCUT2D eigenvalue weighted by Gasteiger charge is 2.13. The van der Waals surface area contributed by atoms with Crippen LogP contribution in [-0.4, -0.2) is 11.9 Å². The zero-order valence-corrected chi connectivity index (χ0v) is 13.2. The Labute approximate surface area is 138 Å². The lowest BCUT2D eigenvalue weighted by Crippen LogP contribution is -2.20. The normalized spacial score (nSPS) is 10.2. The fraction of sp³-hybridized carbons (Fsp3) is 0.176. The molecule has 24 heavy (non-hydrogen) atoms. The van der Waals surface area contributed by atoms with Crippen molar-refractivity contribution < 1.29 is 18.4 Å². The van der Waals surface area contributed by atoms with Gasteiger partial charge in [0.15, 0.2) is 0 Å². The lowest BCUT2D eigenvalue weighted by Gasteiger charge is -2.11.